The van der Waals surface area contributed by atoms with Crippen LogP contribution in [0, 0.1) is 16.7 Å². The molecular weight excluding hydrogens is 200 g/mol. The van der Waals surface area contributed by atoms with Crippen molar-refractivity contribution in [3.63, 3.8) is 0 Å². The molecule has 0 unspecified atom stereocenters. The number of alkyl halides is 1. The second-order valence-corrected chi connectivity index (χ2v) is 4.16. The predicted octanol–water partition coefficient (Wildman–Crippen LogP) is 2.06. The largest absolute Gasteiger partial charge is 0.356 e. The fourth-order valence-corrected chi connectivity index (χ4v) is 0.952. The first-order valence-electron chi connectivity index (χ1n) is 4.76. The van der Waals surface area contributed by atoms with Gasteiger partial charge in [0.05, 0.1) is 11.5 Å². The van der Waals surface area contributed by atoms with Crippen LogP contribution in [0.1, 0.15) is 33.1 Å². The van der Waals surface area contributed by atoms with E-state index in [1.165, 1.54) is 0 Å². The summed E-state index contributed by atoms with van der Waals surface area (Å²) < 4.78 is 0. The van der Waals surface area contributed by atoms with Gasteiger partial charge in [-0.05, 0) is 26.7 Å². The van der Waals surface area contributed by atoms with Crippen molar-refractivity contribution < 1.29 is 4.79 Å². The molecule has 0 heterocycles. The van der Waals surface area contributed by atoms with Gasteiger partial charge in [-0.3, -0.25) is 4.79 Å². The zero-order chi connectivity index (χ0) is 11.0. The van der Waals surface area contributed by atoms with Gasteiger partial charge in [-0.15, -0.1) is 11.6 Å². The molecule has 0 atom stereocenters. The Balaban J connectivity index is 3.60. The van der Waals surface area contributed by atoms with Crippen LogP contribution in [-0.2, 0) is 4.79 Å². The highest BCUT2D eigenvalue weighted by Gasteiger charge is 2.25. The SMILES string of the molecule is CC(C)(CCl)C(=O)NCCCCC#N. The molecule has 80 valence electrons. The van der Waals surface area contributed by atoms with Crippen LogP contribution in [0.25, 0.3) is 0 Å². The molecule has 0 saturated carbocycles. The summed E-state index contributed by atoms with van der Waals surface area (Å²) in [4.78, 5) is 11.5. The van der Waals surface area contributed by atoms with E-state index in [4.69, 9.17) is 16.9 Å². The van der Waals surface area contributed by atoms with Crippen molar-refractivity contribution in [3.8, 4) is 6.07 Å². The molecule has 14 heavy (non-hydrogen) atoms. The van der Waals surface area contributed by atoms with E-state index < -0.39 is 5.41 Å². The molecule has 0 saturated heterocycles. The number of nitrogens with zero attached hydrogens (tertiary/aromatic N) is 1. The third-order valence-corrected chi connectivity index (χ3v) is 2.62. The van der Waals surface area contributed by atoms with E-state index >= 15 is 0 Å². The number of carbonyl (C=O) groups excluding carboxylic acids is 1. The number of unbranched alkanes of at least 4 members (excludes halogenated alkanes) is 2. The van der Waals surface area contributed by atoms with Crippen LogP contribution >= 0.6 is 11.6 Å². The third kappa shape index (κ3) is 5.08. The van der Waals surface area contributed by atoms with Gasteiger partial charge in [-0.2, -0.15) is 5.26 Å². The van der Waals surface area contributed by atoms with Crippen LogP contribution < -0.4 is 5.32 Å². The van der Waals surface area contributed by atoms with Crippen LogP contribution in [0.3, 0.4) is 0 Å². The van der Waals surface area contributed by atoms with Gasteiger partial charge in [0.2, 0.25) is 5.91 Å². The van der Waals surface area contributed by atoms with Crippen LogP contribution in [0.15, 0.2) is 0 Å². The first-order valence-corrected chi connectivity index (χ1v) is 5.29. The van der Waals surface area contributed by atoms with Crippen molar-refractivity contribution in [2.24, 2.45) is 5.41 Å². The standard InChI is InChI=1S/C10H17ClN2O/c1-10(2,8-11)9(14)13-7-5-3-4-6-12/h3-5,7-8H2,1-2H3,(H,13,14). The highest BCUT2D eigenvalue weighted by Crippen LogP contribution is 2.16. The molecule has 0 spiro atoms. The first-order chi connectivity index (χ1) is 6.54. The Kier molecular flexibility index (Phi) is 6.31. The second-order valence-electron chi connectivity index (χ2n) is 3.89. The van der Waals surface area contributed by atoms with Gasteiger partial charge in [0.25, 0.3) is 0 Å². The lowest BCUT2D eigenvalue weighted by atomic mass is 9.95. The molecule has 1 amide bonds. The van der Waals surface area contributed by atoms with Crippen molar-refractivity contribution in [3.05, 3.63) is 0 Å². The maximum absolute atomic E-state index is 11.5. The summed E-state index contributed by atoms with van der Waals surface area (Å²) >= 11 is 5.65. The molecule has 3 nitrogen and oxygen atoms in total. The number of rotatable bonds is 6. The van der Waals surface area contributed by atoms with Crippen molar-refractivity contribution >= 4 is 17.5 Å². The number of halogens is 1. The van der Waals surface area contributed by atoms with Gasteiger partial charge < -0.3 is 5.32 Å². The molecule has 0 rings (SSSR count). The van der Waals surface area contributed by atoms with Crippen molar-refractivity contribution in [2.75, 3.05) is 12.4 Å². The van der Waals surface area contributed by atoms with Gasteiger partial charge in [0.1, 0.15) is 0 Å². The van der Waals surface area contributed by atoms with E-state index in [2.05, 4.69) is 11.4 Å². The van der Waals surface area contributed by atoms with E-state index in [1.807, 2.05) is 13.8 Å². The van der Waals surface area contributed by atoms with E-state index in [-0.39, 0.29) is 5.91 Å². The number of carbonyl (C=O) groups is 1. The molecule has 0 aliphatic heterocycles. The number of nitriles is 1. The average molecular weight is 217 g/mol. The predicted molar refractivity (Wildman–Crippen MR) is 57.0 cm³/mol. The zero-order valence-corrected chi connectivity index (χ0v) is 9.52. The minimum atomic E-state index is -0.503. The minimum absolute atomic E-state index is 0.0237. The monoisotopic (exact) mass is 216 g/mol. The van der Waals surface area contributed by atoms with Crippen molar-refractivity contribution in [1.82, 2.24) is 5.32 Å². The van der Waals surface area contributed by atoms with Gasteiger partial charge in [0, 0.05) is 18.8 Å². The van der Waals surface area contributed by atoms with Crippen molar-refractivity contribution in [2.45, 2.75) is 33.1 Å². The maximum atomic E-state index is 11.5. The Morgan fingerprint density at radius 3 is 2.64 bits per heavy atom. The Bertz CT molecular complexity index is 221. The molecule has 0 aliphatic rings. The van der Waals surface area contributed by atoms with Gasteiger partial charge in [-0.25, -0.2) is 0 Å². The van der Waals surface area contributed by atoms with Crippen LogP contribution in [0.4, 0.5) is 0 Å². The Morgan fingerprint density at radius 2 is 2.14 bits per heavy atom. The van der Waals surface area contributed by atoms with Gasteiger partial charge in [-0.1, -0.05) is 0 Å². The maximum Gasteiger partial charge on any atom is 0.226 e. The number of amides is 1. The summed E-state index contributed by atoms with van der Waals surface area (Å²) in [5.74, 6) is 0.293. The number of hydrogen-bond acceptors (Lipinski definition) is 2. The van der Waals surface area contributed by atoms with Crippen LogP contribution in [0.2, 0.25) is 0 Å². The summed E-state index contributed by atoms with van der Waals surface area (Å²) in [5, 5.41) is 11.1. The number of hydrogen-bond donors (Lipinski definition) is 1. The second kappa shape index (κ2) is 6.67. The van der Waals surface area contributed by atoms with E-state index in [0.717, 1.165) is 12.8 Å². The smallest absolute Gasteiger partial charge is 0.226 e. The molecule has 0 fully saturated rings. The van der Waals surface area contributed by atoms with Gasteiger partial charge >= 0.3 is 0 Å². The highest BCUT2D eigenvalue weighted by atomic mass is 35.5. The Morgan fingerprint density at radius 1 is 1.50 bits per heavy atom. The molecule has 0 aromatic heterocycles. The van der Waals surface area contributed by atoms with Crippen LogP contribution in [-0.4, -0.2) is 18.3 Å². The third-order valence-electron chi connectivity index (χ3n) is 1.95. The topological polar surface area (TPSA) is 52.9 Å². The average Bonchev–Trinajstić information content (AvgIpc) is 2.17. The van der Waals surface area contributed by atoms with E-state index in [1.54, 1.807) is 0 Å². The molecule has 0 aromatic rings. The summed E-state index contributed by atoms with van der Waals surface area (Å²) in [5.41, 5.74) is -0.503. The zero-order valence-electron chi connectivity index (χ0n) is 8.77. The summed E-state index contributed by atoms with van der Waals surface area (Å²) in [7, 11) is 0. The summed E-state index contributed by atoms with van der Waals surface area (Å²) in [6, 6.07) is 2.06. The fourth-order valence-electron chi connectivity index (χ4n) is 0.831. The Hall–Kier alpha value is -0.750. The van der Waals surface area contributed by atoms with Crippen LogP contribution in [0.5, 0.6) is 0 Å². The molecule has 0 radical (unpaired) electrons. The molecule has 0 bridgehead atoms. The normalized spacial score (nSPS) is 10.7. The fraction of sp³-hybridized carbons (Fsp3) is 0.800. The highest BCUT2D eigenvalue weighted by molar-refractivity contribution is 6.19. The lowest BCUT2D eigenvalue weighted by Gasteiger charge is -2.20. The molecular formula is C10H17ClN2O. The lowest BCUT2D eigenvalue weighted by Crippen LogP contribution is -2.38. The summed E-state index contributed by atoms with van der Waals surface area (Å²) in [6.07, 6.45) is 2.23. The summed E-state index contributed by atoms with van der Waals surface area (Å²) in [6.45, 7) is 4.25. The number of nitrogens with one attached hydrogen (secondary N) is 1. The quantitative estimate of drug-likeness (QED) is 0.546. The van der Waals surface area contributed by atoms with E-state index in [0.29, 0.717) is 18.8 Å². The molecule has 0 aliphatic carbocycles. The van der Waals surface area contributed by atoms with Crippen molar-refractivity contribution in [1.29, 1.82) is 5.26 Å². The van der Waals surface area contributed by atoms with E-state index in [9.17, 15) is 4.79 Å². The molecule has 1 N–H and O–H groups in total. The Labute approximate surface area is 90.4 Å². The molecule has 4 heteroatoms. The lowest BCUT2D eigenvalue weighted by molar-refractivity contribution is -0.128. The van der Waals surface area contributed by atoms with Gasteiger partial charge in [0.15, 0.2) is 0 Å². The first kappa shape index (κ1) is 13.2. The minimum Gasteiger partial charge on any atom is -0.356 e. The molecule has 0 aromatic carbocycles.